The fraction of sp³-hybridized carbons (Fsp3) is 0.632. The lowest BCUT2D eigenvalue weighted by Crippen LogP contribution is -2.59. The number of nitrogens with one attached hydrogen (secondary N) is 1. The zero-order valence-corrected chi connectivity index (χ0v) is 14.6. The van der Waals surface area contributed by atoms with Crippen LogP contribution in [-0.4, -0.2) is 35.5 Å². The summed E-state index contributed by atoms with van der Waals surface area (Å²) in [7, 11) is 0. The van der Waals surface area contributed by atoms with Gasteiger partial charge in [-0.15, -0.1) is 0 Å². The standard InChI is InChI=1S/C19H27F2N3O/c20-16-7-4-8-17(21)15(16)13-24-11-5-6-14(12-24)23-18(25)19(22)9-2-1-3-10-19/h4,7-8,14H,1-3,5-6,9-13,22H2,(H,23,25). The third-order valence-electron chi connectivity index (χ3n) is 5.48. The van der Waals surface area contributed by atoms with Crippen LogP contribution in [0.1, 0.15) is 50.5 Å². The smallest absolute Gasteiger partial charge is 0.240 e. The molecule has 3 N–H and O–H groups in total. The topological polar surface area (TPSA) is 58.4 Å². The molecule has 1 saturated carbocycles. The molecule has 1 unspecified atom stereocenters. The minimum absolute atomic E-state index is 0.0153. The Kier molecular flexibility index (Phi) is 5.69. The van der Waals surface area contributed by atoms with Crippen molar-refractivity contribution in [3.05, 3.63) is 35.4 Å². The Hall–Kier alpha value is -1.53. The van der Waals surface area contributed by atoms with Crippen LogP contribution in [0.2, 0.25) is 0 Å². The summed E-state index contributed by atoms with van der Waals surface area (Å²) >= 11 is 0. The molecule has 138 valence electrons. The van der Waals surface area contributed by atoms with Gasteiger partial charge < -0.3 is 11.1 Å². The van der Waals surface area contributed by atoms with Crippen molar-refractivity contribution in [1.29, 1.82) is 0 Å². The molecule has 0 aromatic heterocycles. The normalized spacial score (nSPS) is 24.0. The Morgan fingerprint density at radius 1 is 1.20 bits per heavy atom. The number of carbonyl (C=O) groups excluding carboxylic acids is 1. The maximum Gasteiger partial charge on any atom is 0.240 e. The number of carbonyl (C=O) groups is 1. The van der Waals surface area contributed by atoms with Crippen molar-refractivity contribution in [3.63, 3.8) is 0 Å². The molecule has 1 aliphatic heterocycles. The molecule has 1 saturated heterocycles. The average Bonchev–Trinajstić information content (AvgIpc) is 2.59. The van der Waals surface area contributed by atoms with Crippen molar-refractivity contribution >= 4 is 5.91 Å². The fourth-order valence-electron chi connectivity index (χ4n) is 3.96. The molecule has 1 amide bonds. The SMILES string of the molecule is NC1(C(=O)NC2CCCN(Cc3c(F)cccc3F)C2)CCCCC1. The summed E-state index contributed by atoms with van der Waals surface area (Å²) in [6, 6.07) is 3.92. The molecule has 2 fully saturated rings. The number of hydrogen-bond donors (Lipinski definition) is 2. The van der Waals surface area contributed by atoms with Crippen molar-refractivity contribution in [1.82, 2.24) is 10.2 Å². The van der Waals surface area contributed by atoms with Gasteiger partial charge in [0, 0.05) is 24.7 Å². The Balaban J connectivity index is 1.58. The molecular weight excluding hydrogens is 324 g/mol. The number of halogens is 2. The lowest BCUT2D eigenvalue weighted by molar-refractivity contribution is -0.128. The quantitative estimate of drug-likeness (QED) is 0.877. The Morgan fingerprint density at radius 3 is 2.56 bits per heavy atom. The summed E-state index contributed by atoms with van der Waals surface area (Å²) in [5, 5.41) is 3.08. The van der Waals surface area contributed by atoms with Crippen LogP contribution in [0.3, 0.4) is 0 Å². The van der Waals surface area contributed by atoms with E-state index in [0.717, 1.165) is 51.5 Å². The van der Waals surface area contributed by atoms with E-state index in [-0.39, 0.29) is 24.1 Å². The highest BCUT2D eigenvalue weighted by molar-refractivity contribution is 5.86. The number of benzene rings is 1. The molecular formula is C19H27F2N3O. The molecule has 6 heteroatoms. The minimum atomic E-state index is -0.752. The first kappa shape index (κ1) is 18.3. The van der Waals surface area contributed by atoms with Crippen LogP contribution < -0.4 is 11.1 Å². The monoisotopic (exact) mass is 351 g/mol. The number of rotatable bonds is 4. The molecule has 1 aromatic rings. The van der Waals surface area contributed by atoms with Crippen molar-refractivity contribution in [2.75, 3.05) is 13.1 Å². The summed E-state index contributed by atoms with van der Waals surface area (Å²) in [6.07, 6.45) is 6.35. The van der Waals surface area contributed by atoms with Gasteiger partial charge in [-0.3, -0.25) is 9.69 Å². The molecule has 1 heterocycles. The van der Waals surface area contributed by atoms with Gasteiger partial charge in [0.1, 0.15) is 11.6 Å². The summed E-state index contributed by atoms with van der Waals surface area (Å²) in [5.74, 6) is -1.11. The van der Waals surface area contributed by atoms with Crippen molar-refractivity contribution in [2.45, 2.75) is 63.1 Å². The van der Waals surface area contributed by atoms with E-state index in [1.165, 1.54) is 18.2 Å². The van der Waals surface area contributed by atoms with E-state index in [1.807, 2.05) is 4.90 Å². The number of likely N-dealkylation sites (tertiary alicyclic amines) is 1. The molecule has 2 aliphatic rings. The number of piperidine rings is 1. The molecule has 3 rings (SSSR count). The number of nitrogens with two attached hydrogens (primary N) is 1. The summed E-state index contributed by atoms with van der Waals surface area (Å²) in [5.41, 5.74) is 5.64. The minimum Gasteiger partial charge on any atom is -0.350 e. The summed E-state index contributed by atoms with van der Waals surface area (Å²) in [4.78, 5) is 14.6. The molecule has 1 aromatic carbocycles. The molecule has 25 heavy (non-hydrogen) atoms. The van der Waals surface area contributed by atoms with Crippen LogP contribution in [0.15, 0.2) is 18.2 Å². The highest BCUT2D eigenvalue weighted by Gasteiger charge is 2.36. The fourth-order valence-corrected chi connectivity index (χ4v) is 3.96. The number of hydrogen-bond acceptors (Lipinski definition) is 3. The second-order valence-electron chi connectivity index (χ2n) is 7.46. The predicted molar refractivity (Wildman–Crippen MR) is 92.8 cm³/mol. The number of amides is 1. The summed E-state index contributed by atoms with van der Waals surface area (Å²) in [6.45, 7) is 1.59. The lowest BCUT2D eigenvalue weighted by Gasteiger charge is -2.37. The van der Waals surface area contributed by atoms with E-state index in [4.69, 9.17) is 5.73 Å². The molecule has 1 atom stereocenters. The molecule has 1 aliphatic carbocycles. The van der Waals surface area contributed by atoms with Gasteiger partial charge in [0.2, 0.25) is 5.91 Å². The van der Waals surface area contributed by atoms with Crippen LogP contribution in [0.4, 0.5) is 8.78 Å². The zero-order chi connectivity index (χ0) is 17.9. The van der Waals surface area contributed by atoms with Crippen LogP contribution in [0.5, 0.6) is 0 Å². The van der Waals surface area contributed by atoms with Gasteiger partial charge in [0.25, 0.3) is 0 Å². The second-order valence-corrected chi connectivity index (χ2v) is 7.46. The first-order chi connectivity index (χ1) is 12.0. The summed E-state index contributed by atoms with van der Waals surface area (Å²) < 4.78 is 27.7. The van der Waals surface area contributed by atoms with Crippen LogP contribution >= 0.6 is 0 Å². The maximum absolute atomic E-state index is 13.9. The largest absolute Gasteiger partial charge is 0.350 e. The van der Waals surface area contributed by atoms with Crippen molar-refractivity contribution in [3.8, 4) is 0 Å². The lowest BCUT2D eigenvalue weighted by atomic mass is 9.81. The highest BCUT2D eigenvalue weighted by atomic mass is 19.1. The molecule has 4 nitrogen and oxygen atoms in total. The van der Waals surface area contributed by atoms with E-state index in [1.54, 1.807) is 0 Å². The van der Waals surface area contributed by atoms with Crippen LogP contribution in [0, 0.1) is 11.6 Å². The van der Waals surface area contributed by atoms with Gasteiger partial charge in [-0.05, 0) is 44.4 Å². The van der Waals surface area contributed by atoms with E-state index in [2.05, 4.69) is 5.32 Å². The molecule has 0 bridgehead atoms. The maximum atomic E-state index is 13.9. The van der Waals surface area contributed by atoms with Gasteiger partial charge in [-0.2, -0.15) is 0 Å². The van der Waals surface area contributed by atoms with Gasteiger partial charge in [-0.1, -0.05) is 25.3 Å². The average molecular weight is 351 g/mol. The second kappa shape index (κ2) is 7.79. The van der Waals surface area contributed by atoms with Gasteiger partial charge >= 0.3 is 0 Å². The van der Waals surface area contributed by atoms with Gasteiger partial charge in [-0.25, -0.2) is 8.78 Å². The van der Waals surface area contributed by atoms with Crippen molar-refractivity contribution < 1.29 is 13.6 Å². The molecule has 0 radical (unpaired) electrons. The first-order valence-corrected chi connectivity index (χ1v) is 9.23. The van der Waals surface area contributed by atoms with Crippen LogP contribution in [0.25, 0.3) is 0 Å². The third kappa shape index (κ3) is 4.36. The highest BCUT2D eigenvalue weighted by Crippen LogP contribution is 2.26. The molecule has 0 spiro atoms. The van der Waals surface area contributed by atoms with E-state index in [9.17, 15) is 13.6 Å². The Bertz CT molecular complexity index is 596. The van der Waals surface area contributed by atoms with Crippen molar-refractivity contribution in [2.24, 2.45) is 5.73 Å². The van der Waals surface area contributed by atoms with Crippen LogP contribution in [-0.2, 0) is 11.3 Å². The predicted octanol–water partition coefficient (Wildman–Crippen LogP) is 2.71. The third-order valence-corrected chi connectivity index (χ3v) is 5.48. The Labute approximate surface area is 147 Å². The van der Waals surface area contributed by atoms with Gasteiger partial charge in [0.05, 0.1) is 5.54 Å². The van der Waals surface area contributed by atoms with E-state index < -0.39 is 17.2 Å². The van der Waals surface area contributed by atoms with E-state index >= 15 is 0 Å². The zero-order valence-electron chi connectivity index (χ0n) is 14.6. The van der Waals surface area contributed by atoms with E-state index in [0.29, 0.717) is 6.54 Å². The first-order valence-electron chi connectivity index (χ1n) is 9.23. The Morgan fingerprint density at radius 2 is 1.88 bits per heavy atom. The van der Waals surface area contributed by atoms with Gasteiger partial charge in [0.15, 0.2) is 0 Å². The number of nitrogens with zero attached hydrogens (tertiary/aromatic N) is 1.